The highest BCUT2D eigenvalue weighted by molar-refractivity contribution is 7.89. The number of nitrogens with zero attached hydrogens (tertiary/aromatic N) is 3. The molecule has 1 aliphatic rings. The standard InChI is InChI=1S/C23H26N4O5S/c1-15-6-11-20(16(2)13-15)22-25-26-23(32-22)24-21(28)17-5-4-12-27(14-17)33(29,30)19-9-7-18(31-3)8-10-19/h6-11,13,17H,4-5,12,14H2,1-3H3,(H,24,26,28). The topological polar surface area (TPSA) is 115 Å². The number of carbonyl (C=O) groups excluding carboxylic acids is 1. The zero-order chi connectivity index (χ0) is 23.6. The quantitative estimate of drug-likeness (QED) is 0.587. The van der Waals surface area contributed by atoms with Crippen LogP contribution >= 0.6 is 0 Å². The first-order chi connectivity index (χ1) is 15.8. The Kier molecular flexibility index (Phi) is 6.48. The molecule has 0 saturated carbocycles. The van der Waals surface area contributed by atoms with Gasteiger partial charge in [-0.2, -0.15) is 4.31 Å². The number of sulfonamides is 1. The molecule has 1 saturated heterocycles. The first kappa shape index (κ1) is 22.9. The van der Waals surface area contributed by atoms with Crippen LogP contribution in [0.25, 0.3) is 11.5 Å². The number of methoxy groups -OCH3 is 1. The molecule has 1 aliphatic heterocycles. The Bertz CT molecular complexity index is 1250. The van der Waals surface area contributed by atoms with Crippen LogP contribution in [-0.4, -0.2) is 49.0 Å². The highest BCUT2D eigenvalue weighted by atomic mass is 32.2. The van der Waals surface area contributed by atoms with Gasteiger partial charge in [-0.05, 0) is 62.6 Å². The van der Waals surface area contributed by atoms with Crippen LogP contribution in [0.5, 0.6) is 5.75 Å². The van der Waals surface area contributed by atoms with Crippen molar-refractivity contribution in [1.82, 2.24) is 14.5 Å². The van der Waals surface area contributed by atoms with Crippen LogP contribution in [0, 0.1) is 19.8 Å². The minimum absolute atomic E-state index is 0.00916. The van der Waals surface area contributed by atoms with Crippen LogP contribution in [0.15, 0.2) is 51.8 Å². The van der Waals surface area contributed by atoms with Crippen molar-refractivity contribution in [2.45, 2.75) is 31.6 Å². The molecule has 1 aromatic heterocycles. The van der Waals surface area contributed by atoms with Gasteiger partial charge in [-0.25, -0.2) is 8.42 Å². The maximum atomic E-state index is 13.0. The highest BCUT2D eigenvalue weighted by Crippen LogP contribution is 2.27. The smallest absolute Gasteiger partial charge is 0.322 e. The Hall–Kier alpha value is -3.24. The van der Waals surface area contributed by atoms with Crippen LogP contribution in [-0.2, 0) is 14.8 Å². The molecule has 2 heterocycles. The Morgan fingerprint density at radius 2 is 1.91 bits per heavy atom. The van der Waals surface area contributed by atoms with Crippen LogP contribution in [0.2, 0.25) is 0 Å². The van der Waals surface area contributed by atoms with Gasteiger partial charge in [0.15, 0.2) is 0 Å². The van der Waals surface area contributed by atoms with Crippen molar-refractivity contribution in [3.8, 4) is 17.2 Å². The molecule has 174 valence electrons. The molecular formula is C23H26N4O5S. The monoisotopic (exact) mass is 470 g/mol. The molecule has 2 aromatic carbocycles. The van der Waals surface area contributed by atoms with E-state index in [0.717, 1.165) is 16.7 Å². The first-order valence-electron chi connectivity index (χ1n) is 10.6. The summed E-state index contributed by atoms with van der Waals surface area (Å²) in [5.41, 5.74) is 2.90. The maximum absolute atomic E-state index is 13.0. The van der Waals surface area contributed by atoms with E-state index in [1.54, 1.807) is 12.1 Å². The molecule has 1 fully saturated rings. The summed E-state index contributed by atoms with van der Waals surface area (Å²) in [6.45, 7) is 4.39. The molecule has 0 radical (unpaired) electrons. The molecule has 0 aliphatic carbocycles. The molecule has 33 heavy (non-hydrogen) atoms. The van der Waals surface area contributed by atoms with Gasteiger partial charge in [-0.3, -0.25) is 10.1 Å². The molecule has 1 atom stereocenters. The summed E-state index contributed by atoms with van der Waals surface area (Å²) in [4.78, 5) is 13.0. The van der Waals surface area contributed by atoms with Crippen molar-refractivity contribution >= 4 is 21.9 Å². The number of carbonyl (C=O) groups is 1. The molecule has 10 heteroatoms. The maximum Gasteiger partial charge on any atom is 0.322 e. The summed E-state index contributed by atoms with van der Waals surface area (Å²) in [5, 5.41) is 10.6. The van der Waals surface area contributed by atoms with Gasteiger partial charge in [0.2, 0.25) is 21.8 Å². The molecule has 9 nitrogen and oxygen atoms in total. The van der Waals surface area contributed by atoms with E-state index in [0.29, 0.717) is 31.0 Å². The minimum atomic E-state index is -3.72. The van der Waals surface area contributed by atoms with Crippen molar-refractivity contribution in [3.63, 3.8) is 0 Å². The van der Waals surface area contributed by atoms with Crippen molar-refractivity contribution in [2.24, 2.45) is 5.92 Å². The third-order valence-electron chi connectivity index (χ3n) is 5.72. The van der Waals surface area contributed by atoms with Gasteiger partial charge in [-0.1, -0.05) is 22.8 Å². The van der Waals surface area contributed by atoms with Crippen LogP contribution < -0.4 is 10.1 Å². The summed E-state index contributed by atoms with van der Waals surface area (Å²) < 4.78 is 38.2. The number of ether oxygens (including phenoxy) is 1. The van der Waals surface area contributed by atoms with E-state index >= 15 is 0 Å². The van der Waals surface area contributed by atoms with Crippen molar-refractivity contribution < 1.29 is 22.4 Å². The number of nitrogens with one attached hydrogen (secondary N) is 1. The molecule has 1 unspecified atom stereocenters. The molecule has 1 N–H and O–H groups in total. The number of piperidine rings is 1. The Morgan fingerprint density at radius 3 is 2.61 bits per heavy atom. The Balaban J connectivity index is 1.44. The lowest BCUT2D eigenvalue weighted by Gasteiger charge is -2.30. The van der Waals surface area contributed by atoms with E-state index in [1.807, 2.05) is 32.0 Å². The summed E-state index contributed by atoms with van der Waals surface area (Å²) in [6, 6.07) is 12.1. The average Bonchev–Trinajstić information content (AvgIpc) is 3.27. The predicted octanol–water partition coefficient (Wildman–Crippen LogP) is 3.40. The van der Waals surface area contributed by atoms with Gasteiger partial charge < -0.3 is 9.15 Å². The fourth-order valence-corrected chi connectivity index (χ4v) is 5.44. The minimum Gasteiger partial charge on any atom is -0.497 e. The number of aryl methyl sites for hydroxylation is 2. The SMILES string of the molecule is COc1ccc(S(=O)(=O)N2CCCC(C(=O)Nc3nnc(-c4ccc(C)cc4C)o3)C2)cc1. The summed E-state index contributed by atoms with van der Waals surface area (Å²) in [7, 11) is -2.20. The van der Waals surface area contributed by atoms with Gasteiger partial charge in [0, 0.05) is 18.7 Å². The first-order valence-corrected chi connectivity index (χ1v) is 12.1. The molecule has 0 spiro atoms. The van der Waals surface area contributed by atoms with E-state index in [2.05, 4.69) is 15.5 Å². The second-order valence-electron chi connectivity index (χ2n) is 8.10. The number of anilines is 1. The van der Waals surface area contributed by atoms with Gasteiger partial charge in [-0.15, -0.1) is 5.10 Å². The van der Waals surface area contributed by atoms with Gasteiger partial charge in [0.1, 0.15) is 5.75 Å². The van der Waals surface area contributed by atoms with Crippen molar-refractivity contribution in [1.29, 1.82) is 0 Å². The molecular weight excluding hydrogens is 444 g/mol. The number of rotatable bonds is 6. The predicted molar refractivity (Wildman–Crippen MR) is 122 cm³/mol. The van der Waals surface area contributed by atoms with Gasteiger partial charge in [0.25, 0.3) is 0 Å². The zero-order valence-corrected chi connectivity index (χ0v) is 19.6. The summed E-state index contributed by atoms with van der Waals surface area (Å²) in [6.07, 6.45) is 1.14. The second-order valence-corrected chi connectivity index (χ2v) is 10.0. The van der Waals surface area contributed by atoms with Crippen LogP contribution in [0.1, 0.15) is 24.0 Å². The Morgan fingerprint density at radius 1 is 1.15 bits per heavy atom. The number of hydrogen-bond acceptors (Lipinski definition) is 7. The molecule has 0 bridgehead atoms. The lowest BCUT2D eigenvalue weighted by molar-refractivity contribution is -0.121. The summed E-state index contributed by atoms with van der Waals surface area (Å²) >= 11 is 0. The highest BCUT2D eigenvalue weighted by Gasteiger charge is 2.34. The second kappa shape index (κ2) is 9.32. The van der Waals surface area contributed by atoms with E-state index in [-0.39, 0.29) is 23.4 Å². The van der Waals surface area contributed by atoms with E-state index < -0.39 is 15.9 Å². The number of amides is 1. The largest absolute Gasteiger partial charge is 0.497 e. The van der Waals surface area contributed by atoms with E-state index in [9.17, 15) is 13.2 Å². The average molecular weight is 471 g/mol. The summed E-state index contributed by atoms with van der Waals surface area (Å²) in [5.74, 6) is 0.0171. The van der Waals surface area contributed by atoms with Gasteiger partial charge >= 0.3 is 6.01 Å². The van der Waals surface area contributed by atoms with E-state index in [4.69, 9.17) is 9.15 Å². The fraction of sp³-hybridized carbons (Fsp3) is 0.348. The van der Waals surface area contributed by atoms with Crippen molar-refractivity contribution in [2.75, 3.05) is 25.5 Å². The number of hydrogen-bond donors (Lipinski definition) is 1. The fourth-order valence-electron chi connectivity index (χ4n) is 3.92. The van der Waals surface area contributed by atoms with Crippen LogP contribution in [0.4, 0.5) is 6.01 Å². The molecule has 1 amide bonds. The van der Waals surface area contributed by atoms with Crippen molar-refractivity contribution in [3.05, 3.63) is 53.6 Å². The molecule has 4 rings (SSSR count). The normalized spacial score (nSPS) is 17.0. The van der Waals surface area contributed by atoms with Crippen LogP contribution in [0.3, 0.4) is 0 Å². The lowest BCUT2D eigenvalue weighted by atomic mass is 9.99. The zero-order valence-electron chi connectivity index (χ0n) is 18.7. The lowest BCUT2D eigenvalue weighted by Crippen LogP contribution is -2.43. The third kappa shape index (κ3) is 4.91. The van der Waals surface area contributed by atoms with E-state index in [1.165, 1.54) is 23.5 Å². The Labute approximate surface area is 192 Å². The molecule has 3 aromatic rings. The number of benzene rings is 2. The van der Waals surface area contributed by atoms with Gasteiger partial charge in [0.05, 0.1) is 17.9 Å². The third-order valence-corrected chi connectivity index (χ3v) is 7.60. The number of aromatic nitrogens is 2.